The third-order valence-corrected chi connectivity index (χ3v) is 1.85. The number of hydrogen-bond acceptors (Lipinski definition) is 3. The van der Waals surface area contributed by atoms with Crippen molar-refractivity contribution in [3.63, 3.8) is 0 Å². The van der Waals surface area contributed by atoms with Crippen molar-refractivity contribution in [2.24, 2.45) is 11.7 Å². The highest BCUT2D eigenvalue weighted by molar-refractivity contribution is 5.03. The first-order chi connectivity index (χ1) is 6.61. The highest BCUT2D eigenvalue weighted by Crippen LogP contribution is 2.01. The molecule has 0 bridgehead atoms. The average molecular weight is 195 g/mol. The lowest BCUT2D eigenvalue weighted by molar-refractivity contribution is 0.615. The van der Waals surface area contributed by atoms with Gasteiger partial charge in [-0.15, -0.1) is 0 Å². The van der Waals surface area contributed by atoms with E-state index in [-0.39, 0.29) is 5.56 Å². The van der Waals surface area contributed by atoms with E-state index in [2.05, 4.69) is 23.8 Å². The van der Waals surface area contributed by atoms with Crippen LogP contribution in [0.25, 0.3) is 0 Å². The minimum atomic E-state index is -0.0842. The molecule has 14 heavy (non-hydrogen) atoms. The largest absolute Gasteiger partial charge is 0.330 e. The van der Waals surface area contributed by atoms with E-state index >= 15 is 0 Å². The molecule has 1 aromatic rings. The fraction of sp³-hybridized carbons (Fsp3) is 0.600. The van der Waals surface area contributed by atoms with Crippen molar-refractivity contribution in [2.45, 2.75) is 26.7 Å². The van der Waals surface area contributed by atoms with Gasteiger partial charge in [-0.2, -0.15) is 0 Å². The predicted octanol–water partition coefficient (Wildman–Crippen LogP) is 0.470. The standard InChI is InChI=1S/C10H17N3O/c1-7(2)5-9-12-8(3-4-11)6-10(14)13-9/h6-7H,3-5,11H2,1-2H3,(H,12,13,14). The first-order valence-electron chi connectivity index (χ1n) is 4.91. The van der Waals surface area contributed by atoms with Crippen LogP contribution in [0.4, 0.5) is 0 Å². The van der Waals surface area contributed by atoms with Gasteiger partial charge < -0.3 is 10.7 Å². The Morgan fingerprint density at radius 2 is 2.29 bits per heavy atom. The number of rotatable bonds is 4. The third-order valence-electron chi connectivity index (χ3n) is 1.85. The summed E-state index contributed by atoms with van der Waals surface area (Å²) < 4.78 is 0. The van der Waals surface area contributed by atoms with E-state index in [1.807, 2.05) is 0 Å². The summed E-state index contributed by atoms with van der Waals surface area (Å²) in [6.45, 7) is 4.71. The lowest BCUT2D eigenvalue weighted by atomic mass is 10.1. The molecular formula is C10H17N3O. The molecule has 1 rings (SSSR count). The van der Waals surface area contributed by atoms with Gasteiger partial charge in [0.25, 0.3) is 5.56 Å². The fourth-order valence-corrected chi connectivity index (χ4v) is 1.32. The number of nitrogens with two attached hydrogens (primary N) is 1. The van der Waals surface area contributed by atoms with E-state index in [0.29, 0.717) is 18.9 Å². The molecule has 0 saturated carbocycles. The smallest absolute Gasteiger partial charge is 0.251 e. The topological polar surface area (TPSA) is 71.8 Å². The van der Waals surface area contributed by atoms with Gasteiger partial charge in [-0.25, -0.2) is 4.98 Å². The number of hydrogen-bond donors (Lipinski definition) is 2. The molecule has 0 radical (unpaired) electrons. The summed E-state index contributed by atoms with van der Waals surface area (Å²) in [5, 5.41) is 0. The minimum Gasteiger partial charge on any atom is -0.330 e. The number of nitrogens with zero attached hydrogens (tertiary/aromatic N) is 1. The zero-order valence-electron chi connectivity index (χ0n) is 8.71. The molecule has 1 aromatic heterocycles. The first-order valence-corrected chi connectivity index (χ1v) is 4.91. The highest BCUT2D eigenvalue weighted by Gasteiger charge is 2.02. The molecule has 3 N–H and O–H groups in total. The summed E-state index contributed by atoms with van der Waals surface area (Å²) >= 11 is 0. The van der Waals surface area contributed by atoms with Crippen LogP contribution in [0.5, 0.6) is 0 Å². The molecule has 0 aliphatic carbocycles. The van der Waals surface area contributed by atoms with E-state index < -0.39 is 0 Å². The van der Waals surface area contributed by atoms with Crippen LogP contribution in [-0.4, -0.2) is 16.5 Å². The van der Waals surface area contributed by atoms with E-state index in [1.165, 1.54) is 6.07 Å². The molecule has 1 heterocycles. The Morgan fingerprint density at radius 3 is 2.86 bits per heavy atom. The van der Waals surface area contributed by atoms with Crippen molar-refractivity contribution in [3.8, 4) is 0 Å². The molecular weight excluding hydrogens is 178 g/mol. The lowest BCUT2D eigenvalue weighted by Gasteiger charge is -2.05. The monoisotopic (exact) mass is 195 g/mol. The van der Waals surface area contributed by atoms with Crippen molar-refractivity contribution in [1.82, 2.24) is 9.97 Å². The Labute approximate surface area is 83.6 Å². The second kappa shape index (κ2) is 4.91. The predicted molar refractivity (Wildman–Crippen MR) is 56.2 cm³/mol. The zero-order valence-corrected chi connectivity index (χ0v) is 8.71. The summed E-state index contributed by atoms with van der Waals surface area (Å²) in [4.78, 5) is 18.3. The van der Waals surface area contributed by atoms with Crippen molar-refractivity contribution < 1.29 is 0 Å². The average Bonchev–Trinajstić information content (AvgIpc) is 2.01. The summed E-state index contributed by atoms with van der Waals surface area (Å²) in [7, 11) is 0. The van der Waals surface area contributed by atoms with Crippen molar-refractivity contribution in [1.29, 1.82) is 0 Å². The van der Waals surface area contributed by atoms with Crippen LogP contribution < -0.4 is 11.3 Å². The van der Waals surface area contributed by atoms with Gasteiger partial charge in [0.2, 0.25) is 0 Å². The second-order valence-corrected chi connectivity index (χ2v) is 3.82. The number of aromatic nitrogens is 2. The minimum absolute atomic E-state index is 0.0842. The fourth-order valence-electron chi connectivity index (χ4n) is 1.32. The van der Waals surface area contributed by atoms with E-state index in [9.17, 15) is 4.79 Å². The van der Waals surface area contributed by atoms with Crippen LogP contribution in [-0.2, 0) is 12.8 Å². The molecule has 0 atom stereocenters. The maximum Gasteiger partial charge on any atom is 0.251 e. The Kier molecular flexibility index (Phi) is 3.83. The molecule has 0 aromatic carbocycles. The molecule has 0 aliphatic heterocycles. The summed E-state index contributed by atoms with van der Waals surface area (Å²) in [5.74, 6) is 1.25. The van der Waals surface area contributed by atoms with Gasteiger partial charge in [0.1, 0.15) is 5.82 Å². The second-order valence-electron chi connectivity index (χ2n) is 3.82. The van der Waals surface area contributed by atoms with Gasteiger partial charge in [-0.3, -0.25) is 4.79 Å². The molecule has 0 unspecified atom stereocenters. The summed E-state index contributed by atoms with van der Waals surface area (Å²) in [5.41, 5.74) is 6.11. The van der Waals surface area contributed by atoms with Gasteiger partial charge in [-0.05, 0) is 12.5 Å². The highest BCUT2D eigenvalue weighted by atomic mass is 16.1. The van der Waals surface area contributed by atoms with Gasteiger partial charge in [0.05, 0.1) is 0 Å². The van der Waals surface area contributed by atoms with Crippen molar-refractivity contribution in [3.05, 3.63) is 27.9 Å². The molecule has 0 saturated heterocycles. The Balaban J connectivity index is 2.89. The first kappa shape index (κ1) is 10.9. The summed E-state index contributed by atoms with van der Waals surface area (Å²) in [6, 6.07) is 1.51. The van der Waals surface area contributed by atoms with E-state index in [4.69, 9.17) is 5.73 Å². The lowest BCUT2D eigenvalue weighted by Crippen LogP contribution is -2.16. The van der Waals surface area contributed by atoms with E-state index in [1.54, 1.807) is 0 Å². The SMILES string of the molecule is CC(C)Cc1nc(CCN)cc(=O)[nH]1. The van der Waals surface area contributed by atoms with Crippen LogP contribution in [0.2, 0.25) is 0 Å². The van der Waals surface area contributed by atoms with Crippen LogP contribution in [0.15, 0.2) is 10.9 Å². The molecule has 0 spiro atoms. The molecule has 0 aliphatic rings. The van der Waals surface area contributed by atoms with Gasteiger partial charge in [0.15, 0.2) is 0 Å². The normalized spacial score (nSPS) is 10.9. The van der Waals surface area contributed by atoms with Crippen LogP contribution in [0, 0.1) is 5.92 Å². The Hall–Kier alpha value is -1.16. The third kappa shape index (κ3) is 3.30. The quantitative estimate of drug-likeness (QED) is 0.733. The molecule has 4 heteroatoms. The van der Waals surface area contributed by atoms with Crippen molar-refractivity contribution in [2.75, 3.05) is 6.54 Å². The zero-order chi connectivity index (χ0) is 10.6. The molecule has 4 nitrogen and oxygen atoms in total. The molecule has 78 valence electrons. The summed E-state index contributed by atoms with van der Waals surface area (Å²) in [6.07, 6.45) is 1.46. The van der Waals surface area contributed by atoms with Crippen LogP contribution in [0.3, 0.4) is 0 Å². The molecule has 0 fully saturated rings. The van der Waals surface area contributed by atoms with Gasteiger partial charge >= 0.3 is 0 Å². The Bertz CT molecular complexity index is 343. The maximum atomic E-state index is 11.2. The van der Waals surface area contributed by atoms with Gasteiger partial charge in [-0.1, -0.05) is 13.8 Å². The van der Waals surface area contributed by atoms with Crippen LogP contribution >= 0.6 is 0 Å². The number of H-pyrrole nitrogens is 1. The van der Waals surface area contributed by atoms with Gasteiger partial charge in [0, 0.05) is 24.6 Å². The maximum absolute atomic E-state index is 11.2. The van der Waals surface area contributed by atoms with E-state index in [0.717, 1.165) is 17.9 Å². The Morgan fingerprint density at radius 1 is 1.57 bits per heavy atom. The molecule has 0 amide bonds. The van der Waals surface area contributed by atoms with Crippen LogP contribution in [0.1, 0.15) is 25.4 Å². The number of aromatic amines is 1. The van der Waals surface area contributed by atoms with Crippen molar-refractivity contribution >= 4 is 0 Å². The number of nitrogens with one attached hydrogen (secondary N) is 1.